The van der Waals surface area contributed by atoms with E-state index in [4.69, 9.17) is 33.0 Å². The molecule has 0 atom stereocenters. The van der Waals surface area contributed by atoms with Gasteiger partial charge in [-0.05, 0) is 12.8 Å². The lowest BCUT2D eigenvalue weighted by Crippen LogP contribution is -2.15. The van der Waals surface area contributed by atoms with Crippen molar-refractivity contribution in [3.8, 4) is 0 Å². The van der Waals surface area contributed by atoms with E-state index in [1.807, 2.05) is 0 Å². The van der Waals surface area contributed by atoms with Crippen LogP contribution in [0.25, 0.3) is 0 Å². The van der Waals surface area contributed by atoms with E-state index in [9.17, 15) is 4.57 Å². The van der Waals surface area contributed by atoms with Crippen LogP contribution in [-0.4, -0.2) is 13.9 Å². The third-order valence-corrected chi connectivity index (χ3v) is 4.54. The van der Waals surface area contributed by atoms with Crippen molar-refractivity contribution in [2.24, 2.45) is 5.92 Å². The monoisotopic (exact) mass is 204 g/mol. The van der Waals surface area contributed by atoms with Crippen molar-refractivity contribution in [3.05, 3.63) is 0 Å². The van der Waals surface area contributed by atoms with Crippen molar-refractivity contribution < 1.29 is 14.4 Å². The number of rotatable bonds is 2. The van der Waals surface area contributed by atoms with Crippen molar-refractivity contribution in [3.63, 3.8) is 0 Å². The van der Waals surface area contributed by atoms with Crippen LogP contribution in [0, 0.1) is 5.92 Å². The summed E-state index contributed by atoms with van der Waals surface area (Å²) in [5, 5.41) is 0. The molecule has 1 aliphatic carbocycles. The van der Waals surface area contributed by atoms with Gasteiger partial charge in [-0.25, -0.2) is 0 Å². The zero-order valence-electron chi connectivity index (χ0n) is 5.00. The van der Waals surface area contributed by atoms with Gasteiger partial charge in [-0.15, -0.1) is 0 Å². The standard InChI is InChI=1S/C4H7Cl2O3P/c5-4(6,3-1-2-3)10(7,8)9/h3H,1-2H2,(H2,7,8,9). The van der Waals surface area contributed by atoms with Crippen LogP contribution in [0.2, 0.25) is 0 Å². The summed E-state index contributed by atoms with van der Waals surface area (Å²) in [4.78, 5) is 17.2. The van der Waals surface area contributed by atoms with Gasteiger partial charge in [0.1, 0.15) is 0 Å². The summed E-state index contributed by atoms with van der Waals surface area (Å²) in [5.74, 6) is -0.225. The first-order valence-corrected chi connectivity index (χ1v) is 5.16. The maximum Gasteiger partial charge on any atom is 0.361 e. The van der Waals surface area contributed by atoms with E-state index >= 15 is 0 Å². The van der Waals surface area contributed by atoms with Gasteiger partial charge in [-0.1, -0.05) is 23.2 Å². The Morgan fingerprint density at radius 1 is 1.40 bits per heavy atom. The van der Waals surface area contributed by atoms with Crippen LogP contribution >= 0.6 is 30.8 Å². The molecule has 0 unspecified atom stereocenters. The second-order valence-corrected chi connectivity index (χ2v) is 6.11. The molecule has 1 fully saturated rings. The first kappa shape index (κ1) is 8.82. The maximum absolute atomic E-state index is 10.6. The fraction of sp³-hybridized carbons (Fsp3) is 1.00. The molecule has 60 valence electrons. The lowest BCUT2D eigenvalue weighted by atomic mass is 10.5. The van der Waals surface area contributed by atoms with E-state index in [-0.39, 0.29) is 5.92 Å². The lowest BCUT2D eigenvalue weighted by molar-refractivity contribution is 0.359. The topological polar surface area (TPSA) is 57.5 Å². The molecular formula is C4H7Cl2O3P. The van der Waals surface area contributed by atoms with Crippen LogP contribution in [0.1, 0.15) is 12.8 Å². The number of hydrogen-bond donors (Lipinski definition) is 2. The Bertz CT molecular complexity index is 183. The fourth-order valence-electron chi connectivity index (χ4n) is 0.668. The average molecular weight is 205 g/mol. The Morgan fingerprint density at radius 2 is 1.80 bits per heavy atom. The van der Waals surface area contributed by atoms with Crippen molar-refractivity contribution in [1.29, 1.82) is 0 Å². The highest BCUT2D eigenvalue weighted by atomic mass is 35.5. The maximum atomic E-state index is 10.6. The van der Waals surface area contributed by atoms with Crippen LogP contribution < -0.4 is 0 Å². The van der Waals surface area contributed by atoms with Gasteiger partial charge in [0.2, 0.25) is 4.07 Å². The summed E-state index contributed by atoms with van der Waals surface area (Å²) in [5.41, 5.74) is 0. The molecule has 1 rings (SSSR count). The fourth-order valence-corrected chi connectivity index (χ4v) is 1.84. The molecule has 1 aliphatic rings. The van der Waals surface area contributed by atoms with E-state index < -0.39 is 11.7 Å². The zero-order valence-corrected chi connectivity index (χ0v) is 7.40. The highest BCUT2D eigenvalue weighted by molar-refractivity contribution is 7.58. The molecule has 3 nitrogen and oxygen atoms in total. The lowest BCUT2D eigenvalue weighted by Gasteiger charge is -2.19. The molecule has 0 heterocycles. The molecule has 0 aromatic heterocycles. The third-order valence-electron chi connectivity index (χ3n) is 1.46. The van der Waals surface area contributed by atoms with Crippen molar-refractivity contribution >= 4 is 30.8 Å². The molecule has 0 radical (unpaired) electrons. The highest BCUT2D eigenvalue weighted by Crippen LogP contribution is 2.65. The minimum absolute atomic E-state index is 0.225. The molecule has 0 aliphatic heterocycles. The van der Waals surface area contributed by atoms with Crippen LogP contribution in [0.4, 0.5) is 0 Å². The number of halogens is 2. The Hall–Kier alpha value is 0.730. The zero-order chi connectivity index (χ0) is 7.99. The molecular weight excluding hydrogens is 198 g/mol. The Balaban J connectivity index is 2.76. The Morgan fingerprint density at radius 3 is 1.90 bits per heavy atom. The molecule has 2 N–H and O–H groups in total. The predicted molar refractivity (Wildman–Crippen MR) is 39.2 cm³/mol. The molecule has 0 aromatic rings. The summed E-state index contributed by atoms with van der Waals surface area (Å²) in [7, 11) is -4.33. The molecule has 10 heavy (non-hydrogen) atoms. The summed E-state index contributed by atoms with van der Waals surface area (Å²) in [6.45, 7) is 0. The van der Waals surface area contributed by atoms with E-state index in [1.54, 1.807) is 0 Å². The molecule has 0 bridgehead atoms. The predicted octanol–water partition coefficient (Wildman–Crippen LogP) is 1.71. The van der Waals surface area contributed by atoms with Gasteiger partial charge in [0.15, 0.2) is 0 Å². The van der Waals surface area contributed by atoms with Crippen molar-refractivity contribution in [2.75, 3.05) is 0 Å². The van der Waals surface area contributed by atoms with Crippen LogP contribution in [0.5, 0.6) is 0 Å². The molecule has 0 amide bonds. The molecule has 0 spiro atoms. The van der Waals surface area contributed by atoms with Gasteiger partial charge in [0.05, 0.1) is 0 Å². The summed E-state index contributed by atoms with van der Waals surface area (Å²) >= 11 is 10.8. The van der Waals surface area contributed by atoms with Crippen molar-refractivity contribution in [2.45, 2.75) is 16.9 Å². The molecule has 1 saturated carbocycles. The van der Waals surface area contributed by atoms with E-state index in [1.165, 1.54) is 0 Å². The number of alkyl halides is 2. The SMILES string of the molecule is O=P(O)(O)C(Cl)(Cl)C1CC1. The first-order chi connectivity index (χ1) is 4.36. The van der Waals surface area contributed by atoms with Crippen LogP contribution in [-0.2, 0) is 4.57 Å². The quantitative estimate of drug-likeness (QED) is 0.532. The van der Waals surface area contributed by atoms with Gasteiger partial charge in [-0.2, -0.15) is 0 Å². The summed E-state index contributed by atoms with van der Waals surface area (Å²) in [6.07, 6.45) is 1.41. The second-order valence-electron chi connectivity index (χ2n) is 2.41. The summed E-state index contributed by atoms with van der Waals surface area (Å²) in [6, 6.07) is 0. The van der Waals surface area contributed by atoms with E-state index in [2.05, 4.69) is 0 Å². The van der Waals surface area contributed by atoms with Gasteiger partial charge >= 0.3 is 7.60 Å². The third kappa shape index (κ3) is 1.49. The van der Waals surface area contributed by atoms with Gasteiger partial charge in [0.25, 0.3) is 0 Å². The molecule has 6 heteroatoms. The van der Waals surface area contributed by atoms with Gasteiger partial charge in [0, 0.05) is 5.92 Å². The van der Waals surface area contributed by atoms with Crippen molar-refractivity contribution in [1.82, 2.24) is 0 Å². The molecule has 0 aromatic carbocycles. The van der Waals surface area contributed by atoms with Crippen LogP contribution in [0.15, 0.2) is 0 Å². The van der Waals surface area contributed by atoms with E-state index in [0.29, 0.717) is 12.8 Å². The van der Waals surface area contributed by atoms with Crippen LogP contribution in [0.3, 0.4) is 0 Å². The van der Waals surface area contributed by atoms with E-state index in [0.717, 1.165) is 0 Å². The first-order valence-electron chi connectivity index (χ1n) is 2.79. The second kappa shape index (κ2) is 2.36. The number of hydrogen-bond acceptors (Lipinski definition) is 1. The summed E-state index contributed by atoms with van der Waals surface area (Å²) < 4.78 is 8.72. The van der Waals surface area contributed by atoms with Gasteiger partial charge < -0.3 is 9.79 Å². The largest absolute Gasteiger partial charge is 0.361 e. The minimum atomic E-state index is -4.33. The Labute approximate surface area is 68.5 Å². The normalized spacial score (nSPS) is 21.2. The molecule has 0 saturated heterocycles. The minimum Gasteiger partial charge on any atom is -0.322 e. The van der Waals surface area contributed by atoms with Gasteiger partial charge in [-0.3, -0.25) is 4.57 Å². The smallest absolute Gasteiger partial charge is 0.322 e. The Kier molecular flexibility index (Phi) is 2.08. The average Bonchev–Trinajstić information content (AvgIpc) is 2.38. The highest BCUT2D eigenvalue weighted by Gasteiger charge is 2.54.